The zero-order chi connectivity index (χ0) is 46.4. The van der Waals surface area contributed by atoms with Crippen LogP contribution in [0.2, 0.25) is 51.4 Å². The summed E-state index contributed by atoms with van der Waals surface area (Å²) in [6.45, 7) is 45.7. The van der Waals surface area contributed by atoms with Gasteiger partial charge in [0.2, 0.25) is 19.9 Å². The number of rotatable bonds is 32. The molecular formula is C46H96N4O6Si3. The van der Waals surface area contributed by atoms with E-state index < -0.39 is 69.7 Å². The molecule has 4 N–H and O–H groups in total. The molecule has 0 aromatic carbocycles. The summed E-state index contributed by atoms with van der Waals surface area (Å²) in [5.74, 6) is -1.92. The zero-order valence-electron chi connectivity index (χ0n) is 42.3. The average Bonchev–Trinajstić information content (AvgIpc) is 3.17. The number of ketones is 2. The van der Waals surface area contributed by atoms with Gasteiger partial charge in [-0.15, -0.1) is 0 Å². The average molecular weight is 886 g/mol. The predicted molar refractivity (Wildman–Crippen MR) is 258 cm³/mol. The molecule has 0 spiro atoms. The predicted octanol–water partition coefficient (Wildman–Crippen LogP) is 9.87. The Hall–Kier alpha value is -1.23. The highest BCUT2D eigenvalue weighted by Crippen LogP contribution is 2.44. The third-order valence-corrected chi connectivity index (χ3v) is 27.6. The molecule has 0 heterocycles. The Labute approximate surface area is 367 Å². The minimum atomic E-state index is -2.37. The molecule has 59 heavy (non-hydrogen) atoms. The highest BCUT2D eigenvalue weighted by molar-refractivity contribution is 6.82. The van der Waals surface area contributed by atoms with Crippen LogP contribution >= 0.6 is 0 Å². The van der Waals surface area contributed by atoms with Gasteiger partial charge in [0.1, 0.15) is 0 Å². The normalized spacial score (nSPS) is 14.0. The Morgan fingerprint density at radius 3 is 1.42 bits per heavy atom. The van der Waals surface area contributed by atoms with Gasteiger partial charge in [0, 0.05) is 41.4 Å². The van der Waals surface area contributed by atoms with Crippen LogP contribution in [0.4, 0.5) is 0 Å². The highest BCUT2D eigenvalue weighted by atomic mass is 28.4. The van der Waals surface area contributed by atoms with E-state index in [0.717, 1.165) is 38.3 Å². The van der Waals surface area contributed by atoms with Crippen molar-refractivity contribution < 1.29 is 28.0 Å². The maximum atomic E-state index is 14.2. The van der Waals surface area contributed by atoms with Gasteiger partial charge in [0.05, 0.1) is 18.7 Å². The molecule has 0 aromatic rings. The second-order valence-corrected chi connectivity index (χ2v) is 34.8. The third kappa shape index (κ3) is 14.9. The quantitative estimate of drug-likeness (QED) is 0.0298. The first-order chi connectivity index (χ1) is 26.9. The van der Waals surface area contributed by atoms with Crippen molar-refractivity contribution in [3.8, 4) is 0 Å². The van der Waals surface area contributed by atoms with Crippen LogP contribution in [0, 0.1) is 10.8 Å². The highest BCUT2D eigenvalue weighted by Gasteiger charge is 2.54. The van der Waals surface area contributed by atoms with Crippen LogP contribution in [0.15, 0.2) is 0 Å². The van der Waals surface area contributed by atoms with E-state index in [0.29, 0.717) is 51.6 Å². The van der Waals surface area contributed by atoms with E-state index in [9.17, 15) is 19.2 Å². The van der Waals surface area contributed by atoms with Crippen LogP contribution in [0.5, 0.6) is 0 Å². The van der Waals surface area contributed by atoms with Crippen molar-refractivity contribution in [2.45, 2.75) is 234 Å². The minimum absolute atomic E-state index is 0.206. The Balaban J connectivity index is 5.59. The van der Waals surface area contributed by atoms with E-state index in [1.165, 1.54) is 6.04 Å². The molecule has 0 bridgehead atoms. The summed E-state index contributed by atoms with van der Waals surface area (Å²) < 4.78 is 14.3. The third-order valence-electron chi connectivity index (χ3n) is 15.6. The van der Waals surface area contributed by atoms with E-state index in [-0.39, 0.29) is 17.3 Å². The lowest BCUT2D eigenvalue weighted by atomic mass is 9.60. The molecule has 348 valence electrons. The molecule has 0 rings (SSSR count). The van der Waals surface area contributed by atoms with Gasteiger partial charge in [0.25, 0.3) is 11.8 Å². The Kier molecular flexibility index (Phi) is 23.0. The minimum Gasteiger partial charge on any atom is -0.412 e. The van der Waals surface area contributed by atoms with Gasteiger partial charge in [-0.25, -0.2) is 0 Å². The van der Waals surface area contributed by atoms with Crippen molar-refractivity contribution in [3.05, 3.63) is 0 Å². The number of hydrogen-bond donors (Lipinski definition) is 4. The lowest BCUT2D eigenvalue weighted by Crippen LogP contribution is -2.65. The van der Waals surface area contributed by atoms with Gasteiger partial charge in [-0.05, 0) is 138 Å². The van der Waals surface area contributed by atoms with Gasteiger partial charge in [-0.3, -0.25) is 19.2 Å². The molecule has 10 nitrogen and oxygen atoms in total. The summed E-state index contributed by atoms with van der Waals surface area (Å²) in [6, 6.07) is 2.04. The molecule has 0 fully saturated rings. The van der Waals surface area contributed by atoms with E-state index in [4.69, 9.17) is 8.85 Å². The fraction of sp³-hybridized carbons (Fsp3) is 0.913. The van der Waals surface area contributed by atoms with Crippen molar-refractivity contribution in [1.82, 2.24) is 21.3 Å². The maximum Gasteiger partial charge on any atom is 0.288 e. The molecule has 0 aliphatic heterocycles. The largest absolute Gasteiger partial charge is 0.412 e. The van der Waals surface area contributed by atoms with Gasteiger partial charge in [-0.2, -0.15) is 0 Å². The Morgan fingerprint density at radius 2 is 0.966 bits per heavy atom. The molecule has 0 radical (unpaired) electrons. The van der Waals surface area contributed by atoms with E-state index in [1.807, 2.05) is 48.5 Å². The van der Waals surface area contributed by atoms with E-state index in [2.05, 4.69) is 109 Å². The summed E-state index contributed by atoms with van der Waals surface area (Å²) in [6.07, 6.45) is 7.58. The first-order valence-corrected chi connectivity index (χ1v) is 32.7. The topological polar surface area (TPSA) is 135 Å². The molecule has 0 unspecified atom stereocenters. The Morgan fingerprint density at radius 1 is 0.492 bits per heavy atom. The standard InChI is InChI=1S/C46H96N4O6Si3/c1-21-43(13,22-2)37(51)39(53)48-33-34-50-46(27-7,28-8)45(25-5,26-6)38(52)40(54)47-31-29-36-58(17,18)55-42(11,12)59(19,20)56-41(9,10)57(15,16)35-30-32-49-44(14,23-3)24-4/h49-50H,21-36H2,1-20H3,(H,47,54)(H,48,53). The molecule has 0 saturated carbocycles. The first-order valence-electron chi connectivity index (χ1n) is 23.5. The van der Waals surface area contributed by atoms with Crippen LogP contribution in [0.25, 0.3) is 0 Å². The SMILES string of the molecule is CCC(C)(CC)NCCC[Si](C)(C)C(C)(C)O[Si](C)(C)C(C)(C)O[Si](C)(C)CCCNC(=O)C(=O)C(CC)(CC)C(CC)(CC)NCCNC(=O)C(=O)C(C)(CC)CC. The molecule has 0 saturated heterocycles. The van der Waals surface area contributed by atoms with Crippen LogP contribution < -0.4 is 21.3 Å². The first kappa shape index (κ1) is 57.8. The number of hydrogen-bond acceptors (Lipinski definition) is 8. The van der Waals surface area contributed by atoms with E-state index >= 15 is 0 Å². The molecule has 2 amide bonds. The number of Topliss-reactive ketones (excluding diaryl/α,β-unsaturated/α-hetero) is 2. The number of carbonyl (C=O) groups is 4. The lowest BCUT2D eigenvalue weighted by molar-refractivity contribution is -0.148. The molecule has 13 heteroatoms. The van der Waals surface area contributed by atoms with Crippen LogP contribution in [0.3, 0.4) is 0 Å². The van der Waals surface area contributed by atoms with Crippen molar-refractivity contribution in [2.75, 3.05) is 26.2 Å². The summed E-state index contributed by atoms with van der Waals surface area (Å²) in [5.41, 5.74) is -2.07. The monoisotopic (exact) mass is 885 g/mol. The summed E-state index contributed by atoms with van der Waals surface area (Å²) >= 11 is 0. The molecular weight excluding hydrogens is 789 g/mol. The fourth-order valence-electron chi connectivity index (χ4n) is 8.71. The van der Waals surface area contributed by atoms with Gasteiger partial charge in [0.15, 0.2) is 8.32 Å². The molecule has 0 aliphatic rings. The second-order valence-electron chi connectivity index (χ2n) is 20.7. The summed E-state index contributed by atoms with van der Waals surface area (Å²) in [7, 11) is -6.34. The van der Waals surface area contributed by atoms with E-state index in [1.54, 1.807) is 0 Å². The number of carbonyl (C=O) groups excluding carboxylic acids is 4. The van der Waals surface area contributed by atoms with Crippen LogP contribution in [0.1, 0.15) is 161 Å². The molecule has 0 atom stereocenters. The van der Waals surface area contributed by atoms with Gasteiger partial charge >= 0.3 is 0 Å². The molecule has 0 aliphatic carbocycles. The summed E-state index contributed by atoms with van der Waals surface area (Å²) in [4.78, 5) is 53.4. The number of nitrogens with one attached hydrogen (secondary N) is 4. The lowest BCUT2D eigenvalue weighted by Gasteiger charge is -2.51. The fourth-order valence-corrected chi connectivity index (χ4v) is 18.1. The van der Waals surface area contributed by atoms with Crippen molar-refractivity contribution in [1.29, 1.82) is 0 Å². The second kappa shape index (κ2) is 23.5. The van der Waals surface area contributed by atoms with Crippen molar-refractivity contribution >= 4 is 48.1 Å². The van der Waals surface area contributed by atoms with Crippen molar-refractivity contribution in [3.63, 3.8) is 0 Å². The summed E-state index contributed by atoms with van der Waals surface area (Å²) in [5, 5.41) is 12.5. The van der Waals surface area contributed by atoms with Gasteiger partial charge in [-0.1, -0.05) is 81.5 Å². The zero-order valence-corrected chi connectivity index (χ0v) is 45.3. The maximum absolute atomic E-state index is 14.2. The smallest absolute Gasteiger partial charge is 0.288 e. The number of amides is 2. The van der Waals surface area contributed by atoms with Crippen LogP contribution in [-0.4, -0.2) is 95.8 Å². The Bertz CT molecular complexity index is 1330. The van der Waals surface area contributed by atoms with Crippen molar-refractivity contribution in [2.24, 2.45) is 10.8 Å². The molecule has 0 aromatic heterocycles. The van der Waals surface area contributed by atoms with Gasteiger partial charge < -0.3 is 30.1 Å². The van der Waals surface area contributed by atoms with Crippen LogP contribution in [-0.2, 0) is 28.0 Å².